The fourth-order valence-electron chi connectivity index (χ4n) is 2.74. The van der Waals surface area contributed by atoms with E-state index in [9.17, 15) is 0 Å². The molecule has 1 aromatic heterocycles. The summed E-state index contributed by atoms with van der Waals surface area (Å²) in [6.45, 7) is 6.53. The lowest BCUT2D eigenvalue weighted by molar-refractivity contribution is 0.268. The van der Waals surface area contributed by atoms with Gasteiger partial charge in [0, 0.05) is 0 Å². The second-order valence-corrected chi connectivity index (χ2v) is 5.60. The highest BCUT2D eigenvalue weighted by Crippen LogP contribution is 2.16. The number of rotatable bonds is 6. The Balaban J connectivity index is 1.60. The summed E-state index contributed by atoms with van der Waals surface area (Å²) in [6.07, 6.45) is 5.41. The second-order valence-electron chi connectivity index (χ2n) is 5.60. The van der Waals surface area contributed by atoms with Crippen LogP contribution in [0.2, 0.25) is 0 Å². The van der Waals surface area contributed by atoms with Gasteiger partial charge >= 0.3 is 0 Å². The van der Waals surface area contributed by atoms with Crippen LogP contribution in [0.4, 0.5) is 0 Å². The Morgan fingerprint density at radius 1 is 1.44 bits per heavy atom. The Bertz CT molecular complexity index is 342. The smallest absolute Gasteiger partial charge is 0.118 e. The molecule has 0 aliphatic carbocycles. The molecule has 18 heavy (non-hydrogen) atoms. The topological polar surface area (TPSA) is 28.4 Å². The Morgan fingerprint density at radius 2 is 2.33 bits per heavy atom. The summed E-state index contributed by atoms with van der Waals surface area (Å²) < 4.78 is 5.60. The lowest BCUT2D eigenvalue weighted by Crippen LogP contribution is -2.30. The minimum absolute atomic E-state index is 0.901. The molecular weight excluding hydrogens is 224 g/mol. The van der Waals surface area contributed by atoms with E-state index in [4.69, 9.17) is 4.42 Å². The minimum atomic E-state index is 0.901. The standard InChI is InChI=1S/C15H26N2O/c1-13-7-8-15(18-13)12-17(2)10-4-6-14-5-3-9-16-11-14/h7-8,14,16H,3-6,9-12H2,1-2H3. The number of nitrogens with one attached hydrogen (secondary N) is 1. The number of piperidine rings is 1. The third-order valence-corrected chi connectivity index (χ3v) is 3.77. The molecule has 1 unspecified atom stereocenters. The average Bonchev–Trinajstić information content (AvgIpc) is 2.76. The predicted molar refractivity (Wildman–Crippen MR) is 74.6 cm³/mol. The normalized spacial score (nSPS) is 20.5. The van der Waals surface area contributed by atoms with Crippen LogP contribution in [0.1, 0.15) is 37.2 Å². The van der Waals surface area contributed by atoms with Crippen molar-refractivity contribution < 1.29 is 4.42 Å². The summed E-state index contributed by atoms with van der Waals surface area (Å²) in [5, 5.41) is 3.49. The lowest BCUT2D eigenvalue weighted by atomic mass is 9.95. The van der Waals surface area contributed by atoms with Crippen molar-refractivity contribution in [2.24, 2.45) is 5.92 Å². The first kappa shape index (κ1) is 13.6. The van der Waals surface area contributed by atoms with Gasteiger partial charge in [0.2, 0.25) is 0 Å². The Labute approximate surface area is 111 Å². The highest BCUT2D eigenvalue weighted by atomic mass is 16.3. The first-order valence-corrected chi connectivity index (χ1v) is 7.18. The molecule has 2 rings (SSSR count). The number of nitrogens with zero attached hydrogens (tertiary/aromatic N) is 1. The average molecular weight is 250 g/mol. The van der Waals surface area contributed by atoms with Crippen LogP contribution < -0.4 is 5.32 Å². The number of furan rings is 1. The molecule has 1 fully saturated rings. The first-order chi connectivity index (χ1) is 8.74. The maximum Gasteiger partial charge on any atom is 0.118 e. The molecule has 0 radical (unpaired) electrons. The summed E-state index contributed by atoms with van der Waals surface area (Å²) in [7, 11) is 2.18. The highest BCUT2D eigenvalue weighted by Gasteiger charge is 2.12. The van der Waals surface area contributed by atoms with Crippen molar-refractivity contribution in [1.82, 2.24) is 10.2 Å². The van der Waals surface area contributed by atoms with Crippen molar-refractivity contribution in [1.29, 1.82) is 0 Å². The quantitative estimate of drug-likeness (QED) is 0.841. The van der Waals surface area contributed by atoms with E-state index in [-0.39, 0.29) is 0 Å². The van der Waals surface area contributed by atoms with Crippen molar-refractivity contribution in [2.45, 2.75) is 39.2 Å². The highest BCUT2D eigenvalue weighted by molar-refractivity contribution is 5.05. The molecule has 1 aromatic rings. The zero-order chi connectivity index (χ0) is 12.8. The molecule has 1 saturated heterocycles. The largest absolute Gasteiger partial charge is 0.465 e. The molecule has 3 heteroatoms. The van der Waals surface area contributed by atoms with Gasteiger partial charge in [-0.1, -0.05) is 0 Å². The van der Waals surface area contributed by atoms with Crippen LogP contribution in [-0.4, -0.2) is 31.6 Å². The van der Waals surface area contributed by atoms with Crippen LogP contribution in [0.3, 0.4) is 0 Å². The van der Waals surface area contributed by atoms with Gasteiger partial charge in [-0.15, -0.1) is 0 Å². The van der Waals surface area contributed by atoms with Gasteiger partial charge < -0.3 is 9.73 Å². The molecule has 0 spiro atoms. The third-order valence-electron chi connectivity index (χ3n) is 3.77. The number of hydrogen-bond acceptors (Lipinski definition) is 3. The van der Waals surface area contributed by atoms with E-state index in [0.717, 1.165) is 30.5 Å². The molecule has 3 nitrogen and oxygen atoms in total. The zero-order valence-electron chi connectivity index (χ0n) is 11.7. The summed E-state index contributed by atoms with van der Waals surface area (Å²) in [6, 6.07) is 4.12. The SMILES string of the molecule is Cc1ccc(CN(C)CCCC2CCCNC2)o1. The summed E-state index contributed by atoms with van der Waals surface area (Å²) in [5.41, 5.74) is 0. The van der Waals surface area contributed by atoms with Gasteiger partial charge in [0.25, 0.3) is 0 Å². The fraction of sp³-hybridized carbons (Fsp3) is 0.733. The molecule has 2 heterocycles. The van der Waals surface area contributed by atoms with Crippen molar-refractivity contribution in [3.63, 3.8) is 0 Å². The molecule has 102 valence electrons. The van der Waals surface area contributed by atoms with E-state index >= 15 is 0 Å². The molecule has 1 atom stereocenters. The first-order valence-electron chi connectivity index (χ1n) is 7.18. The van der Waals surface area contributed by atoms with Gasteiger partial charge in [0.1, 0.15) is 11.5 Å². The van der Waals surface area contributed by atoms with Crippen molar-refractivity contribution in [3.8, 4) is 0 Å². The monoisotopic (exact) mass is 250 g/mol. The predicted octanol–water partition coefficient (Wildman–Crippen LogP) is 2.80. The molecule has 0 amide bonds. The van der Waals surface area contributed by atoms with E-state index in [1.54, 1.807) is 0 Å². The summed E-state index contributed by atoms with van der Waals surface area (Å²) in [4.78, 5) is 2.36. The van der Waals surface area contributed by atoms with E-state index in [0.29, 0.717) is 0 Å². The molecular formula is C15H26N2O. The number of hydrogen-bond donors (Lipinski definition) is 1. The van der Waals surface area contributed by atoms with Crippen LogP contribution in [0.5, 0.6) is 0 Å². The third kappa shape index (κ3) is 4.46. The lowest BCUT2D eigenvalue weighted by Gasteiger charge is -2.23. The van der Waals surface area contributed by atoms with Gasteiger partial charge in [-0.3, -0.25) is 4.90 Å². The molecule has 1 aliphatic rings. The zero-order valence-corrected chi connectivity index (χ0v) is 11.7. The van der Waals surface area contributed by atoms with Crippen molar-refractivity contribution in [2.75, 3.05) is 26.7 Å². The maximum absolute atomic E-state index is 5.60. The van der Waals surface area contributed by atoms with E-state index in [2.05, 4.69) is 23.3 Å². The Hall–Kier alpha value is -0.800. The Kier molecular flexibility index (Phi) is 5.26. The molecule has 0 aromatic carbocycles. The van der Waals surface area contributed by atoms with Crippen LogP contribution in [0, 0.1) is 12.8 Å². The fourth-order valence-corrected chi connectivity index (χ4v) is 2.74. The number of aryl methyl sites for hydroxylation is 1. The van der Waals surface area contributed by atoms with Crippen molar-refractivity contribution in [3.05, 3.63) is 23.7 Å². The van der Waals surface area contributed by atoms with Gasteiger partial charge in [-0.2, -0.15) is 0 Å². The van der Waals surface area contributed by atoms with E-state index < -0.39 is 0 Å². The Morgan fingerprint density at radius 3 is 3.00 bits per heavy atom. The van der Waals surface area contributed by atoms with Crippen LogP contribution in [-0.2, 0) is 6.54 Å². The van der Waals surface area contributed by atoms with Crippen molar-refractivity contribution >= 4 is 0 Å². The van der Waals surface area contributed by atoms with Gasteiger partial charge in [-0.25, -0.2) is 0 Å². The second kappa shape index (κ2) is 6.95. The molecule has 1 aliphatic heterocycles. The van der Waals surface area contributed by atoms with Gasteiger partial charge in [0.05, 0.1) is 6.54 Å². The maximum atomic E-state index is 5.60. The molecule has 0 saturated carbocycles. The van der Waals surface area contributed by atoms with Gasteiger partial charge in [-0.05, 0) is 77.3 Å². The minimum Gasteiger partial charge on any atom is -0.465 e. The summed E-state index contributed by atoms with van der Waals surface area (Å²) >= 11 is 0. The van der Waals surface area contributed by atoms with Crippen LogP contribution in [0.15, 0.2) is 16.5 Å². The van der Waals surface area contributed by atoms with Crippen LogP contribution in [0.25, 0.3) is 0 Å². The van der Waals surface area contributed by atoms with Gasteiger partial charge in [0.15, 0.2) is 0 Å². The van der Waals surface area contributed by atoms with E-state index in [1.807, 2.05) is 13.0 Å². The summed E-state index contributed by atoms with van der Waals surface area (Å²) in [5.74, 6) is 2.99. The van der Waals surface area contributed by atoms with E-state index in [1.165, 1.54) is 38.8 Å². The molecule has 1 N–H and O–H groups in total. The van der Waals surface area contributed by atoms with Crippen LogP contribution >= 0.6 is 0 Å². The molecule has 0 bridgehead atoms.